The second-order valence-corrected chi connectivity index (χ2v) is 3.83. The molecule has 2 nitrogen and oxygen atoms in total. The smallest absolute Gasteiger partial charge is 0.0463 e. The van der Waals surface area contributed by atoms with Crippen LogP contribution in [0, 0.1) is 0 Å². The van der Waals surface area contributed by atoms with Gasteiger partial charge in [-0.1, -0.05) is 31.2 Å². The quantitative estimate of drug-likeness (QED) is 0.508. The number of benzene rings is 1. The topological polar surface area (TPSA) is 38.0 Å². The number of nitrogens with one attached hydrogen (secondary N) is 1. The summed E-state index contributed by atoms with van der Waals surface area (Å²) in [5.74, 6) is 6.19. The molecule has 0 bridgehead atoms. The van der Waals surface area contributed by atoms with Gasteiger partial charge in [-0.3, -0.25) is 11.3 Å². The van der Waals surface area contributed by atoms with Crippen LogP contribution in [0.2, 0.25) is 0 Å². The molecule has 13 heavy (non-hydrogen) atoms. The maximum absolute atomic E-state index is 5.51. The highest BCUT2D eigenvalue weighted by Crippen LogP contribution is 2.36. The molecule has 0 aromatic heterocycles. The van der Waals surface area contributed by atoms with Gasteiger partial charge in [0, 0.05) is 6.04 Å². The molecule has 0 saturated heterocycles. The van der Waals surface area contributed by atoms with Crippen molar-refractivity contribution in [2.24, 2.45) is 5.84 Å². The van der Waals surface area contributed by atoms with Crippen LogP contribution in [0.4, 0.5) is 0 Å². The van der Waals surface area contributed by atoms with E-state index in [2.05, 4.69) is 36.6 Å². The van der Waals surface area contributed by atoms with Crippen LogP contribution in [0.25, 0.3) is 0 Å². The molecule has 1 aromatic carbocycles. The minimum atomic E-state index is 0.354. The predicted octanol–water partition coefficient (Wildman–Crippen LogP) is 2.09. The third-order valence-corrected chi connectivity index (χ3v) is 2.99. The molecule has 1 aliphatic carbocycles. The first kappa shape index (κ1) is 8.73. The van der Waals surface area contributed by atoms with E-state index in [0.29, 0.717) is 12.0 Å². The molecule has 2 rings (SSSR count). The van der Waals surface area contributed by atoms with Crippen LogP contribution >= 0.6 is 0 Å². The van der Waals surface area contributed by atoms with E-state index in [4.69, 9.17) is 5.84 Å². The SMILES string of the molecule is C[C@H]1CC[C@H](NN)c2ccccc21. The van der Waals surface area contributed by atoms with Gasteiger partial charge in [-0.05, 0) is 29.9 Å². The molecule has 1 aliphatic rings. The number of hydrogen-bond donors (Lipinski definition) is 2. The highest BCUT2D eigenvalue weighted by atomic mass is 15.2. The monoisotopic (exact) mass is 176 g/mol. The molecular formula is C11H16N2. The van der Waals surface area contributed by atoms with Gasteiger partial charge in [0.15, 0.2) is 0 Å². The summed E-state index contributed by atoms with van der Waals surface area (Å²) >= 11 is 0. The van der Waals surface area contributed by atoms with Crippen molar-refractivity contribution in [1.82, 2.24) is 5.43 Å². The number of fused-ring (bicyclic) bond motifs is 1. The van der Waals surface area contributed by atoms with Gasteiger partial charge >= 0.3 is 0 Å². The first-order chi connectivity index (χ1) is 6.33. The van der Waals surface area contributed by atoms with Crippen LogP contribution in [0.15, 0.2) is 24.3 Å². The van der Waals surface area contributed by atoms with Crippen LogP contribution in [-0.2, 0) is 0 Å². The molecule has 0 unspecified atom stereocenters. The third kappa shape index (κ3) is 1.47. The molecule has 2 heteroatoms. The van der Waals surface area contributed by atoms with E-state index in [1.165, 1.54) is 17.5 Å². The molecule has 70 valence electrons. The van der Waals surface area contributed by atoms with Crippen LogP contribution in [0.3, 0.4) is 0 Å². The molecule has 0 saturated carbocycles. The molecule has 0 heterocycles. The highest BCUT2D eigenvalue weighted by Gasteiger charge is 2.22. The molecular weight excluding hydrogens is 160 g/mol. The third-order valence-electron chi connectivity index (χ3n) is 2.99. The first-order valence-corrected chi connectivity index (χ1v) is 4.88. The highest BCUT2D eigenvalue weighted by molar-refractivity contribution is 5.34. The molecule has 0 aliphatic heterocycles. The minimum Gasteiger partial charge on any atom is -0.271 e. The van der Waals surface area contributed by atoms with E-state index in [9.17, 15) is 0 Å². The zero-order valence-corrected chi connectivity index (χ0v) is 7.96. The lowest BCUT2D eigenvalue weighted by Gasteiger charge is -2.29. The Labute approximate surface area is 79.1 Å². The number of nitrogens with two attached hydrogens (primary N) is 1. The number of hydrogen-bond acceptors (Lipinski definition) is 2. The van der Waals surface area contributed by atoms with Gasteiger partial charge in [-0.2, -0.15) is 0 Å². The van der Waals surface area contributed by atoms with E-state index >= 15 is 0 Å². The van der Waals surface area contributed by atoms with Gasteiger partial charge in [-0.15, -0.1) is 0 Å². The molecule has 0 spiro atoms. The lowest BCUT2D eigenvalue weighted by Crippen LogP contribution is -2.31. The number of rotatable bonds is 1. The summed E-state index contributed by atoms with van der Waals surface area (Å²) in [7, 11) is 0. The largest absolute Gasteiger partial charge is 0.271 e. The fourth-order valence-electron chi connectivity index (χ4n) is 2.18. The normalized spacial score (nSPS) is 26.9. The van der Waals surface area contributed by atoms with Gasteiger partial charge in [0.1, 0.15) is 0 Å². The van der Waals surface area contributed by atoms with Gasteiger partial charge in [0.05, 0.1) is 0 Å². The van der Waals surface area contributed by atoms with Crippen molar-refractivity contribution in [3.8, 4) is 0 Å². The van der Waals surface area contributed by atoms with Gasteiger partial charge < -0.3 is 0 Å². The molecule has 0 fully saturated rings. The summed E-state index contributed by atoms with van der Waals surface area (Å²) in [4.78, 5) is 0. The van der Waals surface area contributed by atoms with Crippen LogP contribution in [-0.4, -0.2) is 0 Å². The molecule has 3 N–H and O–H groups in total. The number of hydrazine groups is 1. The van der Waals surface area contributed by atoms with Crippen molar-refractivity contribution in [2.45, 2.75) is 31.7 Å². The summed E-state index contributed by atoms with van der Waals surface area (Å²) in [6.07, 6.45) is 2.38. The Morgan fingerprint density at radius 1 is 1.23 bits per heavy atom. The standard InChI is InChI=1S/C11H16N2/c1-8-6-7-11(13-12)10-5-3-2-4-9(8)10/h2-5,8,11,13H,6-7,12H2,1H3/t8-,11-/m0/s1. The Balaban J connectivity index is 2.42. The predicted molar refractivity (Wildman–Crippen MR) is 54.2 cm³/mol. The Hall–Kier alpha value is -0.860. The molecule has 2 atom stereocenters. The Bertz CT molecular complexity index is 296. The summed E-state index contributed by atoms with van der Waals surface area (Å²) < 4.78 is 0. The van der Waals surface area contributed by atoms with Crippen molar-refractivity contribution in [1.29, 1.82) is 0 Å². The molecule has 1 aromatic rings. The van der Waals surface area contributed by atoms with Crippen molar-refractivity contribution >= 4 is 0 Å². The van der Waals surface area contributed by atoms with Gasteiger partial charge in [0.2, 0.25) is 0 Å². The summed E-state index contributed by atoms with van der Waals surface area (Å²) in [5, 5.41) is 0. The Morgan fingerprint density at radius 3 is 2.62 bits per heavy atom. The van der Waals surface area contributed by atoms with Crippen molar-refractivity contribution in [3.05, 3.63) is 35.4 Å². The molecule has 0 amide bonds. The summed E-state index contributed by atoms with van der Waals surface area (Å²) in [6, 6.07) is 8.93. The van der Waals surface area contributed by atoms with E-state index in [-0.39, 0.29) is 0 Å². The van der Waals surface area contributed by atoms with Crippen molar-refractivity contribution in [2.75, 3.05) is 0 Å². The molecule has 0 radical (unpaired) electrons. The van der Waals surface area contributed by atoms with E-state index in [1.807, 2.05) is 0 Å². The second-order valence-electron chi connectivity index (χ2n) is 3.83. The lowest BCUT2D eigenvalue weighted by molar-refractivity contribution is 0.441. The van der Waals surface area contributed by atoms with Crippen LogP contribution in [0.5, 0.6) is 0 Å². The zero-order chi connectivity index (χ0) is 9.26. The maximum atomic E-state index is 5.51. The van der Waals surface area contributed by atoms with Crippen molar-refractivity contribution < 1.29 is 0 Å². The Kier molecular flexibility index (Phi) is 2.34. The summed E-state index contributed by atoms with van der Waals surface area (Å²) in [6.45, 7) is 2.28. The van der Waals surface area contributed by atoms with E-state index < -0.39 is 0 Å². The fraction of sp³-hybridized carbons (Fsp3) is 0.455. The van der Waals surface area contributed by atoms with Crippen LogP contribution in [0.1, 0.15) is 42.9 Å². The van der Waals surface area contributed by atoms with Gasteiger partial charge in [-0.25, -0.2) is 0 Å². The van der Waals surface area contributed by atoms with Gasteiger partial charge in [0.25, 0.3) is 0 Å². The lowest BCUT2D eigenvalue weighted by atomic mass is 9.81. The van der Waals surface area contributed by atoms with Crippen LogP contribution < -0.4 is 11.3 Å². The zero-order valence-electron chi connectivity index (χ0n) is 7.96. The Morgan fingerprint density at radius 2 is 1.92 bits per heavy atom. The van der Waals surface area contributed by atoms with Crippen molar-refractivity contribution in [3.63, 3.8) is 0 Å². The second kappa shape index (κ2) is 3.48. The minimum absolute atomic E-state index is 0.354. The average molecular weight is 176 g/mol. The fourth-order valence-corrected chi connectivity index (χ4v) is 2.18. The van der Waals surface area contributed by atoms with E-state index in [0.717, 1.165) is 6.42 Å². The van der Waals surface area contributed by atoms with E-state index in [1.54, 1.807) is 0 Å². The maximum Gasteiger partial charge on any atom is 0.0463 e. The first-order valence-electron chi connectivity index (χ1n) is 4.88. The average Bonchev–Trinajstić information content (AvgIpc) is 2.19. The summed E-state index contributed by atoms with van der Waals surface area (Å²) in [5.41, 5.74) is 5.71.